The number of amides is 2. The zero-order chi connectivity index (χ0) is 22.1. The summed E-state index contributed by atoms with van der Waals surface area (Å²) in [6.45, 7) is 0.0491. The van der Waals surface area contributed by atoms with E-state index in [4.69, 9.17) is 9.47 Å². The fourth-order valence-corrected chi connectivity index (χ4v) is 5.21. The first kappa shape index (κ1) is 21.3. The van der Waals surface area contributed by atoms with Crippen molar-refractivity contribution >= 4 is 33.6 Å². The van der Waals surface area contributed by atoms with E-state index < -0.39 is 69.7 Å². The molecule has 160 valence electrons. The van der Waals surface area contributed by atoms with Crippen LogP contribution >= 0.6 is 0 Å². The Hall–Kier alpha value is -3.41. The van der Waals surface area contributed by atoms with Crippen molar-refractivity contribution in [1.82, 2.24) is 10.2 Å². The first-order valence-electron chi connectivity index (χ1n) is 8.72. The Morgan fingerprint density at radius 1 is 1.23 bits per heavy atom. The number of fused-ring (bicyclic) bond motifs is 1. The number of nitrogens with zero attached hydrogens (tertiary/aromatic N) is 1. The van der Waals surface area contributed by atoms with Crippen LogP contribution < -0.4 is 10.1 Å². The minimum absolute atomic E-state index is 0.223. The third-order valence-corrected chi connectivity index (χ3v) is 6.41. The number of hydrogen-bond acceptors (Lipinski definition) is 8. The maximum Gasteiger partial charge on any atom is 0.352 e. The molecular weight excluding hydrogens is 420 g/mol. The maximum absolute atomic E-state index is 12.6. The SMILES string of the molecule is CC(=O)OCC1=C(C(=O)O)N2C(=O)[C@@H](NC(=O)COc3ccccc3)[C@H]2S(=O)(=O)C1. The van der Waals surface area contributed by atoms with Crippen molar-refractivity contribution in [2.75, 3.05) is 19.0 Å². The summed E-state index contributed by atoms with van der Waals surface area (Å²) in [5, 5.41) is 10.2. The molecule has 0 spiro atoms. The molecule has 1 aromatic carbocycles. The van der Waals surface area contributed by atoms with E-state index in [1.165, 1.54) is 0 Å². The van der Waals surface area contributed by atoms with E-state index in [0.29, 0.717) is 10.6 Å². The lowest BCUT2D eigenvalue weighted by molar-refractivity contribution is -0.151. The summed E-state index contributed by atoms with van der Waals surface area (Å²) in [6.07, 6.45) is 0. The normalized spacial score (nSPS) is 21.9. The van der Waals surface area contributed by atoms with Crippen molar-refractivity contribution < 1.29 is 42.2 Å². The Bertz CT molecular complexity index is 1030. The molecular formula is C18H18N2O9S. The Kier molecular flexibility index (Phi) is 5.78. The largest absolute Gasteiger partial charge is 0.484 e. The van der Waals surface area contributed by atoms with Crippen molar-refractivity contribution in [3.05, 3.63) is 41.6 Å². The lowest BCUT2D eigenvalue weighted by atomic mass is 10.0. The first-order valence-corrected chi connectivity index (χ1v) is 10.4. The molecule has 0 aromatic heterocycles. The maximum atomic E-state index is 12.6. The molecule has 2 heterocycles. The molecule has 30 heavy (non-hydrogen) atoms. The second-order valence-corrected chi connectivity index (χ2v) is 8.69. The van der Waals surface area contributed by atoms with Crippen LogP contribution in [-0.2, 0) is 33.8 Å². The molecule has 2 atom stereocenters. The lowest BCUT2D eigenvalue weighted by Gasteiger charge is -2.48. The Balaban J connectivity index is 1.76. The number of β-lactam (4-membered cyclic amide) rings is 1. The molecule has 1 aromatic rings. The van der Waals surface area contributed by atoms with E-state index in [2.05, 4.69) is 5.32 Å². The van der Waals surface area contributed by atoms with E-state index in [1.807, 2.05) is 0 Å². The zero-order valence-electron chi connectivity index (χ0n) is 15.7. The summed E-state index contributed by atoms with van der Waals surface area (Å²) in [5.74, 6) is -4.21. The Morgan fingerprint density at radius 3 is 2.50 bits per heavy atom. The highest BCUT2D eigenvalue weighted by molar-refractivity contribution is 7.92. The number of ether oxygens (including phenoxy) is 2. The van der Waals surface area contributed by atoms with Gasteiger partial charge in [-0.1, -0.05) is 18.2 Å². The fraction of sp³-hybridized carbons (Fsp3) is 0.333. The van der Waals surface area contributed by atoms with Crippen molar-refractivity contribution in [2.45, 2.75) is 18.3 Å². The summed E-state index contributed by atoms with van der Waals surface area (Å²) < 4.78 is 35.2. The number of para-hydroxylation sites is 1. The predicted octanol–water partition coefficient (Wildman–Crippen LogP) is -0.951. The van der Waals surface area contributed by atoms with E-state index >= 15 is 0 Å². The fourth-order valence-electron chi connectivity index (χ4n) is 3.20. The van der Waals surface area contributed by atoms with Crippen LogP contribution in [0.2, 0.25) is 0 Å². The quantitative estimate of drug-likeness (QED) is 0.405. The van der Waals surface area contributed by atoms with Crippen LogP contribution in [0.1, 0.15) is 6.92 Å². The van der Waals surface area contributed by atoms with Gasteiger partial charge in [-0.2, -0.15) is 0 Å². The number of sulfone groups is 1. The third kappa shape index (κ3) is 4.13. The summed E-state index contributed by atoms with van der Waals surface area (Å²) in [5.41, 5.74) is -0.786. The number of carboxylic acids is 1. The highest BCUT2D eigenvalue weighted by atomic mass is 32.2. The van der Waals surface area contributed by atoms with Crippen LogP contribution in [0.5, 0.6) is 5.75 Å². The van der Waals surface area contributed by atoms with Gasteiger partial charge in [-0.3, -0.25) is 19.3 Å². The third-order valence-electron chi connectivity index (χ3n) is 4.44. The molecule has 3 rings (SSSR count). The van der Waals surface area contributed by atoms with E-state index in [1.54, 1.807) is 30.3 Å². The zero-order valence-corrected chi connectivity index (χ0v) is 16.5. The predicted molar refractivity (Wildman–Crippen MR) is 99.6 cm³/mol. The monoisotopic (exact) mass is 438 g/mol. The molecule has 11 nitrogen and oxygen atoms in total. The number of carbonyl (C=O) groups is 4. The number of carboxylic acid groups (broad SMARTS) is 1. The van der Waals surface area contributed by atoms with Gasteiger partial charge in [0.15, 0.2) is 21.8 Å². The van der Waals surface area contributed by atoms with Gasteiger partial charge in [-0.15, -0.1) is 0 Å². The summed E-state index contributed by atoms with van der Waals surface area (Å²) in [7, 11) is -4.05. The number of hydrogen-bond donors (Lipinski definition) is 2. The van der Waals surface area contributed by atoms with Gasteiger partial charge in [0, 0.05) is 12.5 Å². The molecule has 0 aliphatic carbocycles. The smallest absolute Gasteiger partial charge is 0.352 e. The number of nitrogens with one attached hydrogen (secondary N) is 1. The van der Waals surface area contributed by atoms with Gasteiger partial charge in [0.2, 0.25) is 0 Å². The molecule has 2 N–H and O–H groups in total. The van der Waals surface area contributed by atoms with Crippen LogP contribution in [0, 0.1) is 0 Å². The van der Waals surface area contributed by atoms with Crippen molar-refractivity contribution in [1.29, 1.82) is 0 Å². The molecule has 0 bridgehead atoms. The second kappa shape index (κ2) is 8.14. The first-order chi connectivity index (χ1) is 14.1. The standard InChI is InChI=1S/C18H18N2O9S/c1-10(21)28-7-11-9-30(26,27)17-14(16(23)20(17)15(11)18(24)25)19-13(22)8-29-12-5-3-2-4-6-12/h2-6,14,17H,7-9H2,1H3,(H,19,22)(H,24,25)/t14-,17-/m1/s1. The molecule has 2 aliphatic rings. The van der Waals surface area contributed by atoms with Crippen molar-refractivity contribution in [2.24, 2.45) is 0 Å². The van der Waals surface area contributed by atoms with Crippen molar-refractivity contribution in [3.8, 4) is 5.75 Å². The summed E-state index contributed by atoms with van der Waals surface area (Å²) >= 11 is 0. The highest BCUT2D eigenvalue weighted by Gasteiger charge is 2.60. The van der Waals surface area contributed by atoms with Crippen molar-refractivity contribution in [3.63, 3.8) is 0 Å². The van der Waals surface area contributed by atoms with Gasteiger partial charge >= 0.3 is 11.9 Å². The molecule has 1 fully saturated rings. The minimum atomic E-state index is -4.05. The second-order valence-electron chi connectivity index (χ2n) is 6.59. The Morgan fingerprint density at radius 2 is 1.90 bits per heavy atom. The van der Waals surface area contributed by atoms with Crippen LogP contribution in [0.25, 0.3) is 0 Å². The summed E-state index contributed by atoms with van der Waals surface area (Å²) in [4.78, 5) is 47.9. The molecule has 2 aliphatic heterocycles. The van der Waals surface area contributed by atoms with E-state index in [-0.39, 0.29) is 5.57 Å². The summed E-state index contributed by atoms with van der Waals surface area (Å²) in [6, 6.07) is 6.94. The van der Waals surface area contributed by atoms with Gasteiger partial charge < -0.3 is 19.9 Å². The number of benzene rings is 1. The average Bonchev–Trinajstić information content (AvgIpc) is 2.68. The van der Waals surface area contributed by atoms with Gasteiger partial charge in [0.05, 0.1) is 5.75 Å². The van der Waals surface area contributed by atoms with Crippen LogP contribution in [0.4, 0.5) is 0 Å². The van der Waals surface area contributed by atoms with Crippen LogP contribution in [0.3, 0.4) is 0 Å². The van der Waals surface area contributed by atoms with Gasteiger partial charge in [-0.05, 0) is 12.1 Å². The lowest BCUT2D eigenvalue weighted by Crippen LogP contribution is -2.75. The van der Waals surface area contributed by atoms with E-state index in [9.17, 15) is 32.7 Å². The molecule has 0 saturated carbocycles. The topological polar surface area (TPSA) is 156 Å². The van der Waals surface area contributed by atoms with E-state index in [0.717, 1.165) is 6.92 Å². The Labute approximate surface area is 171 Å². The molecule has 0 radical (unpaired) electrons. The molecule has 12 heteroatoms. The molecule has 2 amide bonds. The van der Waals surface area contributed by atoms with Gasteiger partial charge in [0.25, 0.3) is 11.8 Å². The highest BCUT2D eigenvalue weighted by Crippen LogP contribution is 2.36. The molecule has 1 saturated heterocycles. The number of rotatable bonds is 7. The van der Waals surface area contributed by atoms with Gasteiger partial charge in [-0.25, -0.2) is 13.2 Å². The minimum Gasteiger partial charge on any atom is -0.484 e. The number of carbonyl (C=O) groups excluding carboxylic acids is 3. The van der Waals surface area contributed by atoms with Crippen LogP contribution in [-0.4, -0.2) is 72.6 Å². The average molecular weight is 438 g/mol. The van der Waals surface area contributed by atoms with Crippen LogP contribution in [0.15, 0.2) is 41.6 Å². The number of aliphatic carboxylic acids is 1. The molecule has 0 unspecified atom stereocenters. The number of esters is 1. The van der Waals surface area contributed by atoms with Gasteiger partial charge in [0.1, 0.15) is 24.1 Å².